The molecule has 1 atom stereocenters. The van der Waals surface area contributed by atoms with Crippen LogP contribution in [0.2, 0.25) is 0 Å². The Kier molecular flexibility index (Phi) is 5.20. The Labute approximate surface area is 167 Å². The smallest absolute Gasteiger partial charge is 0.261 e. The van der Waals surface area contributed by atoms with E-state index < -0.39 is 16.1 Å². The van der Waals surface area contributed by atoms with Crippen LogP contribution in [0.1, 0.15) is 38.8 Å². The Morgan fingerprint density at radius 2 is 1.93 bits per heavy atom. The van der Waals surface area contributed by atoms with Crippen LogP contribution in [0.3, 0.4) is 0 Å². The van der Waals surface area contributed by atoms with Crippen molar-refractivity contribution in [2.24, 2.45) is 18.5 Å². The number of nitrogens with zero attached hydrogens (tertiary/aromatic N) is 5. The van der Waals surface area contributed by atoms with Gasteiger partial charge in [0.25, 0.3) is 5.56 Å². The molecule has 7 nitrogen and oxygen atoms in total. The lowest BCUT2D eigenvalue weighted by Gasteiger charge is -2.19. The number of benzene rings is 1. The Hall–Kier alpha value is -2.45. The van der Waals surface area contributed by atoms with Gasteiger partial charge >= 0.3 is 0 Å². The van der Waals surface area contributed by atoms with E-state index in [1.54, 1.807) is 24.9 Å². The summed E-state index contributed by atoms with van der Waals surface area (Å²) < 4.78 is 19.6. The van der Waals surface area contributed by atoms with Crippen LogP contribution in [-0.2, 0) is 25.5 Å². The van der Waals surface area contributed by atoms with Gasteiger partial charge in [0, 0.05) is 25.9 Å². The molecule has 0 saturated heterocycles. The van der Waals surface area contributed by atoms with E-state index in [1.165, 1.54) is 4.57 Å². The fourth-order valence-corrected chi connectivity index (χ4v) is 3.52. The van der Waals surface area contributed by atoms with E-state index in [0.29, 0.717) is 22.4 Å². The second kappa shape index (κ2) is 7.18. The summed E-state index contributed by atoms with van der Waals surface area (Å²) in [6, 6.07) is 3.76. The molecule has 0 saturated carbocycles. The van der Waals surface area contributed by atoms with Gasteiger partial charge in [0.1, 0.15) is 21.9 Å². The number of aromatic nitrogens is 4. The third kappa shape index (κ3) is 3.74. The SMILES string of the molecule is C/C(=N/[S@+]([O-])C(C)(C)C)c1cc(C)cc2c(=O)n(C)c(-c3cnn(C)c3)nc12. The van der Waals surface area contributed by atoms with Gasteiger partial charge in [-0.1, -0.05) is 4.40 Å². The summed E-state index contributed by atoms with van der Waals surface area (Å²) in [6.45, 7) is 9.36. The van der Waals surface area contributed by atoms with Crippen molar-refractivity contribution >= 4 is 28.0 Å². The second-order valence-corrected chi connectivity index (χ2v) is 9.85. The van der Waals surface area contributed by atoms with Crippen LogP contribution in [0.5, 0.6) is 0 Å². The number of fused-ring (bicyclic) bond motifs is 1. The molecule has 2 heterocycles. The monoisotopic (exact) mass is 399 g/mol. The lowest BCUT2D eigenvalue weighted by Crippen LogP contribution is -2.27. The molecule has 0 fully saturated rings. The minimum Gasteiger partial charge on any atom is -0.591 e. The number of hydrogen-bond acceptors (Lipinski definition) is 5. The maximum Gasteiger partial charge on any atom is 0.261 e. The van der Waals surface area contributed by atoms with Crippen molar-refractivity contribution in [1.82, 2.24) is 19.3 Å². The molecule has 0 amide bonds. The zero-order chi connectivity index (χ0) is 20.8. The first-order valence-electron chi connectivity index (χ1n) is 8.97. The summed E-state index contributed by atoms with van der Waals surface area (Å²) in [6.07, 6.45) is 3.49. The van der Waals surface area contributed by atoms with Crippen LogP contribution in [0, 0.1) is 6.92 Å². The minimum atomic E-state index is -1.40. The molecule has 3 rings (SSSR count). The summed E-state index contributed by atoms with van der Waals surface area (Å²) in [5.74, 6) is 0.528. The van der Waals surface area contributed by atoms with E-state index in [1.807, 2.05) is 53.1 Å². The van der Waals surface area contributed by atoms with Gasteiger partial charge in [0.05, 0.1) is 28.4 Å². The number of hydrogen-bond donors (Lipinski definition) is 0. The molecule has 28 heavy (non-hydrogen) atoms. The molecule has 1 aromatic carbocycles. The van der Waals surface area contributed by atoms with Crippen molar-refractivity contribution in [2.75, 3.05) is 0 Å². The summed E-state index contributed by atoms with van der Waals surface area (Å²) in [5.41, 5.74) is 3.41. The van der Waals surface area contributed by atoms with E-state index in [0.717, 1.165) is 16.7 Å². The normalized spacial score (nSPS) is 13.9. The lowest BCUT2D eigenvalue weighted by molar-refractivity contribution is 0.561. The van der Waals surface area contributed by atoms with Crippen molar-refractivity contribution in [3.05, 3.63) is 46.0 Å². The number of aryl methyl sites for hydroxylation is 2. The van der Waals surface area contributed by atoms with Crippen molar-refractivity contribution in [1.29, 1.82) is 0 Å². The third-order valence-electron chi connectivity index (χ3n) is 4.42. The second-order valence-electron chi connectivity index (χ2n) is 7.95. The first-order chi connectivity index (χ1) is 13.0. The molecule has 0 aliphatic rings. The molecule has 0 radical (unpaired) electrons. The number of rotatable bonds is 3. The lowest BCUT2D eigenvalue weighted by atomic mass is 10.0. The molecule has 8 heteroatoms. The highest BCUT2D eigenvalue weighted by Gasteiger charge is 2.27. The van der Waals surface area contributed by atoms with Gasteiger partial charge in [-0.2, -0.15) is 5.10 Å². The van der Waals surface area contributed by atoms with E-state index in [9.17, 15) is 9.35 Å². The summed E-state index contributed by atoms with van der Waals surface area (Å²) in [4.78, 5) is 17.8. The van der Waals surface area contributed by atoms with Crippen molar-refractivity contribution in [3.63, 3.8) is 0 Å². The largest absolute Gasteiger partial charge is 0.591 e. The van der Waals surface area contributed by atoms with Crippen LogP contribution in [0.25, 0.3) is 22.3 Å². The fraction of sp³-hybridized carbons (Fsp3) is 0.400. The quantitative estimate of drug-likeness (QED) is 0.500. The highest BCUT2D eigenvalue weighted by molar-refractivity contribution is 7.91. The molecular formula is C20H25N5O2S. The van der Waals surface area contributed by atoms with Gasteiger partial charge in [-0.3, -0.25) is 14.0 Å². The van der Waals surface area contributed by atoms with Crippen molar-refractivity contribution < 1.29 is 4.55 Å². The average Bonchev–Trinajstić information content (AvgIpc) is 3.03. The predicted molar refractivity (Wildman–Crippen MR) is 114 cm³/mol. The Balaban J connectivity index is 2.31. The molecule has 0 unspecified atom stereocenters. The third-order valence-corrected chi connectivity index (χ3v) is 5.91. The van der Waals surface area contributed by atoms with Gasteiger partial charge < -0.3 is 4.55 Å². The standard InChI is InChI=1S/C20H25N5O2S/c1-12-8-15(13(2)23-28(27)20(3,4)5)17-16(9-12)19(26)25(7)18(22-17)14-10-21-24(6)11-14/h8-11H,1-7H3/b23-13-/t28-/m1/s1. The Morgan fingerprint density at radius 3 is 2.50 bits per heavy atom. The van der Waals surface area contributed by atoms with E-state index >= 15 is 0 Å². The summed E-state index contributed by atoms with van der Waals surface area (Å²) in [7, 11) is 3.52. The molecule has 0 aliphatic heterocycles. The minimum absolute atomic E-state index is 0.140. The van der Waals surface area contributed by atoms with Crippen LogP contribution < -0.4 is 5.56 Å². The summed E-state index contributed by atoms with van der Waals surface area (Å²) >= 11 is -1.40. The molecule has 148 valence electrons. The Bertz CT molecular complexity index is 1140. The van der Waals surface area contributed by atoms with E-state index in [-0.39, 0.29) is 5.56 Å². The maximum atomic E-state index is 13.0. The van der Waals surface area contributed by atoms with Crippen LogP contribution in [0.4, 0.5) is 0 Å². The Morgan fingerprint density at radius 1 is 1.25 bits per heavy atom. The van der Waals surface area contributed by atoms with Gasteiger partial charge in [-0.05, 0) is 52.3 Å². The van der Waals surface area contributed by atoms with Gasteiger partial charge in [-0.15, -0.1) is 0 Å². The fourth-order valence-electron chi connectivity index (χ4n) is 2.90. The summed E-state index contributed by atoms with van der Waals surface area (Å²) in [5, 5.41) is 4.69. The van der Waals surface area contributed by atoms with Gasteiger partial charge in [-0.25, -0.2) is 4.98 Å². The van der Waals surface area contributed by atoms with Crippen LogP contribution in [0.15, 0.2) is 33.7 Å². The first kappa shape index (κ1) is 20.3. The molecule has 0 bridgehead atoms. The predicted octanol–water partition coefficient (Wildman–Crippen LogP) is 2.91. The molecule has 2 aromatic heterocycles. The van der Waals surface area contributed by atoms with Crippen LogP contribution in [-0.4, -0.2) is 34.3 Å². The van der Waals surface area contributed by atoms with E-state index in [4.69, 9.17) is 4.98 Å². The molecule has 0 aliphatic carbocycles. The molecule has 0 spiro atoms. The van der Waals surface area contributed by atoms with E-state index in [2.05, 4.69) is 9.50 Å². The van der Waals surface area contributed by atoms with Crippen LogP contribution >= 0.6 is 0 Å². The zero-order valence-electron chi connectivity index (χ0n) is 17.3. The highest BCUT2D eigenvalue weighted by atomic mass is 32.2. The topological polar surface area (TPSA) is 88.1 Å². The molecule has 3 aromatic rings. The maximum absolute atomic E-state index is 13.0. The molecular weight excluding hydrogens is 374 g/mol. The first-order valence-corrected chi connectivity index (χ1v) is 10.1. The van der Waals surface area contributed by atoms with Gasteiger partial charge in [0.15, 0.2) is 0 Å². The zero-order valence-corrected chi connectivity index (χ0v) is 18.1. The average molecular weight is 400 g/mol. The van der Waals surface area contributed by atoms with Crippen molar-refractivity contribution in [2.45, 2.75) is 39.4 Å². The highest BCUT2D eigenvalue weighted by Crippen LogP contribution is 2.24. The molecule has 0 N–H and O–H groups in total. The van der Waals surface area contributed by atoms with Gasteiger partial charge in [0.2, 0.25) is 0 Å². The van der Waals surface area contributed by atoms with Crippen molar-refractivity contribution in [3.8, 4) is 11.4 Å².